The van der Waals surface area contributed by atoms with Gasteiger partial charge in [0, 0.05) is 16.8 Å². The number of anilines is 1. The smallest absolute Gasteiger partial charge is 0.404 e. The Morgan fingerprint density at radius 3 is 2.30 bits per heavy atom. The SMILES string of the molecule is NC(=O)OCCOc1ccc(C(=O)Nc2cccc(-c3ccc(Cl)c(F)c3)c2)cc1-c1ccc(F)cc1. The number of carbonyl (C=O) groups excluding carboxylic acids is 2. The van der Waals surface area contributed by atoms with E-state index in [0.29, 0.717) is 39.3 Å². The number of amides is 2. The highest BCUT2D eigenvalue weighted by molar-refractivity contribution is 6.30. The zero-order valence-electron chi connectivity index (χ0n) is 19.3. The van der Waals surface area contributed by atoms with Crippen LogP contribution in [-0.4, -0.2) is 25.2 Å². The number of carbonyl (C=O) groups is 2. The molecule has 4 rings (SSSR count). The van der Waals surface area contributed by atoms with Gasteiger partial charge in [0.25, 0.3) is 5.91 Å². The fourth-order valence-corrected chi connectivity index (χ4v) is 3.72. The molecule has 0 fully saturated rings. The lowest BCUT2D eigenvalue weighted by Gasteiger charge is -2.14. The number of primary amides is 1. The number of hydrogen-bond donors (Lipinski definition) is 2. The van der Waals surface area contributed by atoms with Gasteiger partial charge in [-0.05, 0) is 71.3 Å². The maximum absolute atomic E-state index is 13.9. The minimum absolute atomic E-state index is 0.0259. The van der Waals surface area contributed by atoms with Crippen LogP contribution in [0.4, 0.5) is 19.3 Å². The van der Waals surface area contributed by atoms with Crippen LogP contribution in [0.5, 0.6) is 5.75 Å². The van der Waals surface area contributed by atoms with Crippen LogP contribution in [0.1, 0.15) is 10.4 Å². The van der Waals surface area contributed by atoms with Crippen LogP contribution in [0.2, 0.25) is 5.02 Å². The highest BCUT2D eigenvalue weighted by atomic mass is 35.5. The third-order valence-electron chi connectivity index (χ3n) is 5.36. The number of halogens is 3. The maximum Gasteiger partial charge on any atom is 0.404 e. The number of hydrogen-bond acceptors (Lipinski definition) is 4. The van der Waals surface area contributed by atoms with E-state index in [0.717, 1.165) is 0 Å². The van der Waals surface area contributed by atoms with Gasteiger partial charge in [0.1, 0.15) is 30.6 Å². The van der Waals surface area contributed by atoms with Gasteiger partial charge in [-0.3, -0.25) is 4.79 Å². The lowest BCUT2D eigenvalue weighted by Crippen LogP contribution is -2.17. The van der Waals surface area contributed by atoms with Crippen LogP contribution >= 0.6 is 11.6 Å². The fraction of sp³-hybridized carbons (Fsp3) is 0.0714. The number of nitrogens with two attached hydrogens (primary N) is 1. The number of rotatable bonds is 8. The number of ether oxygens (including phenoxy) is 2. The molecule has 9 heteroatoms. The van der Waals surface area contributed by atoms with Crippen molar-refractivity contribution in [2.75, 3.05) is 18.5 Å². The molecule has 0 saturated heterocycles. The normalized spacial score (nSPS) is 10.6. The van der Waals surface area contributed by atoms with Crippen molar-refractivity contribution in [3.05, 3.63) is 107 Å². The van der Waals surface area contributed by atoms with E-state index in [4.69, 9.17) is 22.1 Å². The summed E-state index contributed by atoms with van der Waals surface area (Å²) in [5.74, 6) is -0.935. The molecule has 37 heavy (non-hydrogen) atoms. The lowest BCUT2D eigenvalue weighted by atomic mass is 10.0. The summed E-state index contributed by atoms with van der Waals surface area (Å²) in [6.45, 7) is -0.0327. The summed E-state index contributed by atoms with van der Waals surface area (Å²) in [6, 6.07) is 22.0. The molecule has 0 aliphatic heterocycles. The summed E-state index contributed by atoms with van der Waals surface area (Å²) in [4.78, 5) is 23.9. The molecule has 0 saturated carbocycles. The molecular formula is C28H21ClF2N2O4. The van der Waals surface area contributed by atoms with Crippen molar-refractivity contribution >= 4 is 29.3 Å². The Morgan fingerprint density at radius 1 is 0.838 bits per heavy atom. The second kappa shape index (κ2) is 11.5. The van der Waals surface area contributed by atoms with Gasteiger partial charge in [0.15, 0.2) is 0 Å². The van der Waals surface area contributed by atoms with Gasteiger partial charge >= 0.3 is 6.09 Å². The van der Waals surface area contributed by atoms with Crippen molar-refractivity contribution in [1.82, 2.24) is 0 Å². The maximum atomic E-state index is 13.9. The molecule has 0 unspecified atom stereocenters. The Hall–Kier alpha value is -4.43. The minimum Gasteiger partial charge on any atom is -0.489 e. The Balaban J connectivity index is 1.57. The van der Waals surface area contributed by atoms with E-state index >= 15 is 0 Å². The van der Waals surface area contributed by atoms with Crippen molar-refractivity contribution in [3.63, 3.8) is 0 Å². The summed E-state index contributed by atoms with van der Waals surface area (Å²) < 4.78 is 37.8. The second-order valence-corrected chi connectivity index (χ2v) is 8.30. The molecule has 4 aromatic carbocycles. The second-order valence-electron chi connectivity index (χ2n) is 7.90. The van der Waals surface area contributed by atoms with Gasteiger partial charge in [-0.2, -0.15) is 0 Å². The molecule has 188 valence electrons. The van der Waals surface area contributed by atoms with Crippen LogP contribution in [0.25, 0.3) is 22.3 Å². The van der Waals surface area contributed by atoms with Gasteiger partial charge in [-0.25, -0.2) is 13.6 Å². The molecule has 3 N–H and O–H groups in total. The summed E-state index contributed by atoms with van der Waals surface area (Å²) >= 11 is 5.78. The van der Waals surface area contributed by atoms with Crippen LogP contribution in [0, 0.1) is 11.6 Å². The molecule has 0 aliphatic carbocycles. The quantitative estimate of drug-likeness (QED) is 0.253. The van der Waals surface area contributed by atoms with Crippen molar-refractivity contribution in [2.45, 2.75) is 0 Å². The molecule has 0 atom stereocenters. The average molecular weight is 523 g/mol. The van der Waals surface area contributed by atoms with Gasteiger partial charge < -0.3 is 20.5 Å². The third kappa shape index (κ3) is 6.62. The largest absolute Gasteiger partial charge is 0.489 e. The van der Waals surface area contributed by atoms with Crippen LogP contribution < -0.4 is 15.8 Å². The van der Waals surface area contributed by atoms with Gasteiger partial charge in [0.2, 0.25) is 0 Å². The molecule has 0 aromatic heterocycles. The van der Waals surface area contributed by atoms with Gasteiger partial charge in [-0.15, -0.1) is 0 Å². The number of nitrogens with one attached hydrogen (secondary N) is 1. The summed E-state index contributed by atoms with van der Waals surface area (Å²) in [7, 11) is 0. The summed E-state index contributed by atoms with van der Waals surface area (Å²) in [6.07, 6.45) is -0.917. The van der Waals surface area contributed by atoms with E-state index in [1.54, 1.807) is 60.7 Å². The first-order valence-corrected chi connectivity index (χ1v) is 11.5. The van der Waals surface area contributed by atoms with E-state index in [2.05, 4.69) is 10.1 Å². The Labute approximate surface area is 216 Å². The Kier molecular flexibility index (Phi) is 8.00. The van der Waals surface area contributed by atoms with Crippen LogP contribution in [-0.2, 0) is 4.74 Å². The summed E-state index contributed by atoms with van der Waals surface area (Å²) in [5.41, 5.74) is 8.25. The average Bonchev–Trinajstić information content (AvgIpc) is 2.89. The monoisotopic (exact) mass is 522 g/mol. The number of benzene rings is 4. The van der Waals surface area contributed by atoms with Crippen molar-refractivity contribution in [3.8, 4) is 28.0 Å². The van der Waals surface area contributed by atoms with E-state index < -0.39 is 23.6 Å². The first kappa shape index (κ1) is 25.7. The standard InChI is InChI=1S/C28H21ClF2N2O4/c29-24-10-6-19(16-25(24)31)18-2-1-3-22(14-18)33-27(34)20-7-11-26(36-12-13-37-28(32)35)23(15-20)17-4-8-21(30)9-5-17/h1-11,14-16H,12-13H2,(H2,32,35)(H,33,34). The molecule has 0 bridgehead atoms. The van der Waals surface area contributed by atoms with E-state index in [1.807, 2.05) is 0 Å². The molecule has 0 aliphatic rings. The molecular weight excluding hydrogens is 502 g/mol. The molecule has 2 amide bonds. The first-order valence-electron chi connectivity index (χ1n) is 11.1. The van der Waals surface area contributed by atoms with E-state index in [-0.39, 0.29) is 18.2 Å². The van der Waals surface area contributed by atoms with E-state index in [9.17, 15) is 18.4 Å². The highest BCUT2D eigenvalue weighted by Crippen LogP contribution is 2.32. The molecule has 6 nitrogen and oxygen atoms in total. The molecule has 0 heterocycles. The zero-order valence-corrected chi connectivity index (χ0v) is 20.1. The van der Waals surface area contributed by atoms with E-state index in [1.165, 1.54) is 24.3 Å². The molecule has 4 aromatic rings. The predicted octanol–water partition coefficient (Wildman–Crippen LogP) is 6.68. The predicted molar refractivity (Wildman–Crippen MR) is 138 cm³/mol. The van der Waals surface area contributed by atoms with Crippen molar-refractivity contribution in [2.24, 2.45) is 5.73 Å². The highest BCUT2D eigenvalue weighted by Gasteiger charge is 2.14. The first-order chi connectivity index (χ1) is 17.8. The minimum atomic E-state index is -0.917. The van der Waals surface area contributed by atoms with Crippen LogP contribution in [0.15, 0.2) is 84.9 Å². The van der Waals surface area contributed by atoms with Gasteiger partial charge in [0.05, 0.1) is 5.02 Å². The van der Waals surface area contributed by atoms with Gasteiger partial charge in [-0.1, -0.05) is 41.9 Å². The van der Waals surface area contributed by atoms with Crippen LogP contribution in [0.3, 0.4) is 0 Å². The van der Waals surface area contributed by atoms with Crippen molar-refractivity contribution in [1.29, 1.82) is 0 Å². The zero-order chi connectivity index (χ0) is 26.4. The fourth-order valence-electron chi connectivity index (χ4n) is 3.60. The topological polar surface area (TPSA) is 90.7 Å². The Bertz CT molecular complexity index is 1440. The van der Waals surface area contributed by atoms with Crippen molar-refractivity contribution < 1.29 is 27.8 Å². The lowest BCUT2D eigenvalue weighted by molar-refractivity contribution is 0.102. The molecule has 0 spiro atoms. The Morgan fingerprint density at radius 2 is 1.57 bits per heavy atom. The molecule has 0 radical (unpaired) electrons. The third-order valence-corrected chi connectivity index (χ3v) is 5.66. The summed E-state index contributed by atoms with van der Waals surface area (Å²) in [5, 5.41) is 2.86.